The zero-order chi connectivity index (χ0) is 13.2. The fourth-order valence-corrected chi connectivity index (χ4v) is 2.54. The number of hydrogen-bond donors (Lipinski definition) is 1. The van der Waals surface area contributed by atoms with E-state index in [0.29, 0.717) is 0 Å². The minimum atomic E-state index is -0.0955. The molecule has 2 rings (SSSR count). The maximum absolute atomic E-state index is 5.23. The van der Waals surface area contributed by atoms with Crippen molar-refractivity contribution in [1.29, 1.82) is 0 Å². The molecule has 0 radical (unpaired) electrons. The molecule has 3 nitrogen and oxygen atoms in total. The number of ether oxygens (including phenoxy) is 1. The molecular formula is C14H18N2OS. The zero-order valence-corrected chi connectivity index (χ0v) is 12.0. The summed E-state index contributed by atoms with van der Waals surface area (Å²) in [6, 6.07) is 7.98. The summed E-state index contributed by atoms with van der Waals surface area (Å²) in [7, 11) is 3.63. The van der Waals surface area contributed by atoms with Gasteiger partial charge in [0.15, 0.2) is 0 Å². The molecule has 0 atom stereocenters. The quantitative estimate of drug-likeness (QED) is 0.918. The van der Waals surface area contributed by atoms with Crippen LogP contribution in [0, 0.1) is 0 Å². The van der Waals surface area contributed by atoms with Gasteiger partial charge >= 0.3 is 0 Å². The first kappa shape index (κ1) is 13.1. The third kappa shape index (κ3) is 2.54. The van der Waals surface area contributed by atoms with Crippen molar-refractivity contribution in [2.75, 3.05) is 14.2 Å². The molecular weight excluding hydrogens is 244 g/mol. The van der Waals surface area contributed by atoms with Crippen LogP contribution in [0.4, 0.5) is 0 Å². The highest BCUT2D eigenvalue weighted by Crippen LogP contribution is 2.29. The normalized spacial score (nSPS) is 11.6. The van der Waals surface area contributed by atoms with Crippen LogP contribution in [0.15, 0.2) is 29.6 Å². The predicted octanol–water partition coefficient (Wildman–Crippen LogP) is 3.27. The second-order valence-corrected chi connectivity index (χ2v) is 5.50. The van der Waals surface area contributed by atoms with E-state index in [1.54, 1.807) is 18.4 Å². The highest BCUT2D eigenvalue weighted by Gasteiger charge is 2.22. The standard InChI is InChI=1S/C14H18N2OS/c1-14(2,15-3)13-16-12(9-18-13)10-6-5-7-11(8-10)17-4/h5-9,15H,1-4H3. The topological polar surface area (TPSA) is 34.2 Å². The molecule has 0 fully saturated rings. The van der Waals surface area contributed by atoms with E-state index in [9.17, 15) is 0 Å². The molecule has 0 aliphatic rings. The lowest BCUT2D eigenvalue weighted by molar-refractivity contribution is 0.415. The first-order valence-electron chi connectivity index (χ1n) is 5.86. The van der Waals surface area contributed by atoms with E-state index < -0.39 is 0 Å². The Kier molecular flexibility index (Phi) is 3.68. The van der Waals surface area contributed by atoms with Gasteiger partial charge < -0.3 is 10.1 Å². The van der Waals surface area contributed by atoms with Crippen molar-refractivity contribution in [3.8, 4) is 17.0 Å². The Morgan fingerprint density at radius 1 is 1.33 bits per heavy atom. The predicted molar refractivity (Wildman–Crippen MR) is 76.2 cm³/mol. The Morgan fingerprint density at radius 2 is 2.11 bits per heavy atom. The average molecular weight is 262 g/mol. The largest absolute Gasteiger partial charge is 0.497 e. The Morgan fingerprint density at radius 3 is 2.78 bits per heavy atom. The fourth-order valence-electron chi connectivity index (χ4n) is 1.58. The molecule has 0 saturated heterocycles. The van der Waals surface area contributed by atoms with Gasteiger partial charge in [-0.3, -0.25) is 0 Å². The Labute approximate surface area is 112 Å². The van der Waals surface area contributed by atoms with Crippen LogP contribution >= 0.6 is 11.3 Å². The maximum Gasteiger partial charge on any atom is 0.119 e. The van der Waals surface area contributed by atoms with Crippen LogP contribution in [-0.4, -0.2) is 19.1 Å². The Bertz CT molecular complexity index is 534. The van der Waals surface area contributed by atoms with E-state index >= 15 is 0 Å². The first-order valence-corrected chi connectivity index (χ1v) is 6.74. The summed E-state index contributed by atoms with van der Waals surface area (Å²) in [6.45, 7) is 4.25. The third-order valence-corrected chi connectivity index (χ3v) is 4.20. The van der Waals surface area contributed by atoms with E-state index in [-0.39, 0.29) is 5.54 Å². The summed E-state index contributed by atoms with van der Waals surface area (Å²) < 4.78 is 5.23. The number of nitrogens with zero attached hydrogens (tertiary/aromatic N) is 1. The van der Waals surface area contributed by atoms with Gasteiger partial charge in [0.1, 0.15) is 10.8 Å². The highest BCUT2D eigenvalue weighted by molar-refractivity contribution is 7.10. The lowest BCUT2D eigenvalue weighted by Crippen LogP contribution is -2.32. The van der Waals surface area contributed by atoms with Crippen LogP contribution in [-0.2, 0) is 5.54 Å². The summed E-state index contributed by atoms with van der Waals surface area (Å²) >= 11 is 1.67. The van der Waals surface area contributed by atoms with Crippen molar-refractivity contribution in [2.24, 2.45) is 0 Å². The van der Waals surface area contributed by atoms with E-state index in [2.05, 4.69) is 24.5 Å². The van der Waals surface area contributed by atoms with Gasteiger partial charge in [-0.25, -0.2) is 4.98 Å². The molecule has 1 aromatic heterocycles. The van der Waals surface area contributed by atoms with Crippen LogP contribution in [0.3, 0.4) is 0 Å². The molecule has 0 bridgehead atoms. The second-order valence-electron chi connectivity index (χ2n) is 4.64. The van der Waals surface area contributed by atoms with Crippen molar-refractivity contribution < 1.29 is 4.74 Å². The van der Waals surface area contributed by atoms with Gasteiger partial charge in [-0.05, 0) is 33.0 Å². The van der Waals surface area contributed by atoms with Crippen molar-refractivity contribution in [2.45, 2.75) is 19.4 Å². The van der Waals surface area contributed by atoms with Gasteiger partial charge in [0.2, 0.25) is 0 Å². The van der Waals surface area contributed by atoms with Gasteiger partial charge in [-0.1, -0.05) is 12.1 Å². The molecule has 1 aromatic carbocycles. The monoisotopic (exact) mass is 262 g/mol. The Balaban J connectivity index is 2.35. The molecule has 18 heavy (non-hydrogen) atoms. The minimum Gasteiger partial charge on any atom is -0.497 e. The number of aromatic nitrogens is 1. The summed E-state index contributed by atoms with van der Waals surface area (Å²) in [5.41, 5.74) is 1.99. The molecule has 0 saturated carbocycles. The molecule has 0 aliphatic heterocycles. The SMILES string of the molecule is CNC(C)(C)c1nc(-c2cccc(OC)c2)cs1. The highest BCUT2D eigenvalue weighted by atomic mass is 32.1. The molecule has 1 N–H and O–H groups in total. The summed E-state index contributed by atoms with van der Waals surface area (Å²) in [6.07, 6.45) is 0. The van der Waals surface area contributed by atoms with Crippen LogP contribution < -0.4 is 10.1 Å². The minimum absolute atomic E-state index is 0.0955. The maximum atomic E-state index is 5.23. The molecule has 0 aliphatic carbocycles. The van der Waals surface area contributed by atoms with Crippen molar-refractivity contribution in [3.05, 3.63) is 34.7 Å². The average Bonchev–Trinajstić information content (AvgIpc) is 2.89. The lowest BCUT2D eigenvalue weighted by Gasteiger charge is -2.20. The third-order valence-electron chi connectivity index (χ3n) is 3.03. The van der Waals surface area contributed by atoms with Crippen LogP contribution in [0.1, 0.15) is 18.9 Å². The number of thiazole rings is 1. The van der Waals surface area contributed by atoms with E-state index in [0.717, 1.165) is 22.0 Å². The number of hydrogen-bond acceptors (Lipinski definition) is 4. The van der Waals surface area contributed by atoms with E-state index in [1.807, 2.05) is 31.3 Å². The molecule has 0 unspecified atom stereocenters. The molecule has 0 amide bonds. The van der Waals surface area contributed by atoms with Crippen molar-refractivity contribution >= 4 is 11.3 Å². The van der Waals surface area contributed by atoms with Crippen LogP contribution in [0.25, 0.3) is 11.3 Å². The Hall–Kier alpha value is -1.39. The van der Waals surface area contributed by atoms with Gasteiger partial charge in [0.05, 0.1) is 18.3 Å². The smallest absolute Gasteiger partial charge is 0.119 e. The number of nitrogens with one attached hydrogen (secondary N) is 1. The number of rotatable bonds is 4. The number of benzene rings is 1. The van der Waals surface area contributed by atoms with E-state index in [1.165, 1.54) is 0 Å². The van der Waals surface area contributed by atoms with Crippen molar-refractivity contribution in [1.82, 2.24) is 10.3 Å². The molecule has 0 spiro atoms. The summed E-state index contributed by atoms with van der Waals surface area (Å²) in [5, 5.41) is 6.44. The molecule has 2 aromatic rings. The van der Waals surface area contributed by atoms with Gasteiger partial charge in [-0.2, -0.15) is 0 Å². The van der Waals surface area contributed by atoms with Gasteiger partial charge in [0.25, 0.3) is 0 Å². The fraction of sp³-hybridized carbons (Fsp3) is 0.357. The van der Waals surface area contributed by atoms with Crippen LogP contribution in [0.2, 0.25) is 0 Å². The van der Waals surface area contributed by atoms with Crippen molar-refractivity contribution in [3.63, 3.8) is 0 Å². The van der Waals surface area contributed by atoms with Gasteiger partial charge in [-0.15, -0.1) is 11.3 Å². The zero-order valence-electron chi connectivity index (χ0n) is 11.2. The van der Waals surface area contributed by atoms with E-state index in [4.69, 9.17) is 9.72 Å². The lowest BCUT2D eigenvalue weighted by atomic mass is 10.1. The second kappa shape index (κ2) is 5.08. The molecule has 96 valence electrons. The van der Waals surface area contributed by atoms with Crippen LogP contribution in [0.5, 0.6) is 5.75 Å². The number of methoxy groups -OCH3 is 1. The summed E-state index contributed by atoms with van der Waals surface area (Å²) in [5.74, 6) is 0.856. The first-order chi connectivity index (χ1) is 8.56. The molecule has 4 heteroatoms. The molecule has 1 heterocycles. The summed E-state index contributed by atoms with van der Waals surface area (Å²) in [4.78, 5) is 4.70. The van der Waals surface area contributed by atoms with Gasteiger partial charge in [0, 0.05) is 10.9 Å².